The maximum atomic E-state index is 11.0. The number of carbonyl (C=O) groups excluding carboxylic acids is 1. The Morgan fingerprint density at radius 3 is 2.85 bits per heavy atom. The first kappa shape index (κ1) is 9.95. The van der Waals surface area contributed by atoms with Crippen molar-refractivity contribution < 1.29 is 4.79 Å². The summed E-state index contributed by atoms with van der Waals surface area (Å²) < 4.78 is 0. The summed E-state index contributed by atoms with van der Waals surface area (Å²) in [6, 6.07) is 0. The summed E-state index contributed by atoms with van der Waals surface area (Å²) >= 11 is 0. The smallest absolute Gasteiger partial charge is 0.248 e. The zero-order chi connectivity index (χ0) is 9.90. The zero-order valence-electron chi connectivity index (χ0n) is 8.16. The Balaban J connectivity index is 2.46. The van der Waals surface area contributed by atoms with E-state index in [9.17, 15) is 4.79 Å². The molecule has 0 aromatic heterocycles. The molecule has 0 aromatic rings. The highest BCUT2D eigenvalue weighted by atomic mass is 16.1. The van der Waals surface area contributed by atoms with Crippen molar-refractivity contribution in [2.24, 2.45) is 16.1 Å². The van der Waals surface area contributed by atoms with Gasteiger partial charge in [-0.15, -0.1) is 0 Å². The minimum atomic E-state index is -0.812. The number of unbranched alkanes of at least 4 members (excludes halogenated alkanes) is 1. The van der Waals surface area contributed by atoms with Crippen LogP contribution in [0.4, 0.5) is 0 Å². The highest BCUT2D eigenvalue weighted by Gasteiger charge is 2.37. The first-order valence-corrected chi connectivity index (χ1v) is 4.56. The summed E-state index contributed by atoms with van der Waals surface area (Å²) in [5.41, 5.74) is 4.39. The number of nitrogens with zero attached hydrogens (tertiary/aromatic N) is 3. The van der Waals surface area contributed by atoms with Crippen molar-refractivity contribution in [3.63, 3.8) is 0 Å². The van der Waals surface area contributed by atoms with Gasteiger partial charge in [0.05, 0.1) is 6.54 Å². The molecule has 1 rings (SSSR count). The first-order chi connectivity index (χ1) is 6.08. The zero-order valence-corrected chi connectivity index (χ0v) is 8.16. The number of amides is 1. The Kier molecular flexibility index (Phi) is 2.85. The van der Waals surface area contributed by atoms with Crippen LogP contribution < -0.4 is 5.73 Å². The molecule has 0 spiro atoms. The van der Waals surface area contributed by atoms with E-state index in [1.165, 1.54) is 0 Å². The van der Waals surface area contributed by atoms with E-state index in [-0.39, 0.29) is 0 Å². The largest absolute Gasteiger partial charge is 0.367 e. The van der Waals surface area contributed by atoms with Crippen LogP contribution in [0.15, 0.2) is 10.3 Å². The van der Waals surface area contributed by atoms with Crippen molar-refractivity contribution in [3.05, 3.63) is 0 Å². The van der Waals surface area contributed by atoms with Gasteiger partial charge in [-0.25, -0.2) is 0 Å². The second-order valence-electron chi connectivity index (χ2n) is 3.57. The summed E-state index contributed by atoms with van der Waals surface area (Å²) in [6.07, 6.45) is 2.17. The van der Waals surface area contributed by atoms with Gasteiger partial charge in [-0.2, -0.15) is 5.11 Å². The number of hydrogen-bond acceptors (Lipinski definition) is 4. The molecule has 13 heavy (non-hydrogen) atoms. The Morgan fingerprint density at radius 1 is 1.69 bits per heavy atom. The van der Waals surface area contributed by atoms with Gasteiger partial charge >= 0.3 is 0 Å². The first-order valence-electron chi connectivity index (χ1n) is 4.56. The average molecular weight is 184 g/mol. The lowest BCUT2D eigenvalue weighted by molar-refractivity contribution is -0.122. The fourth-order valence-corrected chi connectivity index (χ4v) is 1.17. The van der Waals surface area contributed by atoms with Gasteiger partial charge in [-0.3, -0.25) is 9.80 Å². The van der Waals surface area contributed by atoms with Gasteiger partial charge in [0, 0.05) is 6.54 Å². The molecule has 0 aromatic carbocycles. The van der Waals surface area contributed by atoms with Gasteiger partial charge < -0.3 is 5.73 Å². The summed E-state index contributed by atoms with van der Waals surface area (Å²) in [6.45, 7) is 5.19. The molecule has 1 aliphatic rings. The van der Waals surface area contributed by atoms with E-state index in [1.54, 1.807) is 11.9 Å². The molecule has 1 heterocycles. The van der Waals surface area contributed by atoms with Crippen LogP contribution in [0.2, 0.25) is 0 Å². The van der Waals surface area contributed by atoms with Crippen LogP contribution in [0.3, 0.4) is 0 Å². The lowest BCUT2D eigenvalue weighted by Crippen LogP contribution is -2.43. The molecule has 0 fully saturated rings. The van der Waals surface area contributed by atoms with Gasteiger partial charge in [0.15, 0.2) is 5.54 Å². The second kappa shape index (κ2) is 3.72. The van der Waals surface area contributed by atoms with Gasteiger partial charge in [-0.1, -0.05) is 18.6 Å². The summed E-state index contributed by atoms with van der Waals surface area (Å²) in [5, 5.41) is 9.58. The van der Waals surface area contributed by atoms with E-state index in [0.29, 0.717) is 6.54 Å². The molecule has 5 nitrogen and oxygen atoms in total. The minimum absolute atomic E-state index is 0.407. The molecule has 1 aliphatic heterocycles. The third-order valence-electron chi connectivity index (χ3n) is 2.18. The number of rotatable bonds is 4. The second-order valence-corrected chi connectivity index (χ2v) is 3.57. The molecule has 0 bridgehead atoms. The third kappa shape index (κ3) is 2.17. The highest BCUT2D eigenvalue weighted by Crippen LogP contribution is 2.20. The summed E-state index contributed by atoms with van der Waals surface area (Å²) in [7, 11) is 0. The highest BCUT2D eigenvalue weighted by molar-refractivity contribution is 5.84. The van der Waals surface area contributed by atoms with Crippen LogP contribution in [0.25, 0.3) is 0 Å². The molecule has 1 atom stereocenters. The van der Waals surface area contributed by atoms with Gasteiger partial charge in [0.1, 0.15) is 0 Å². The van der Waals surface area contributed by atoms with E-state index in [2.05, 4.69) is 17.3 Å². The molecule has 0 saturated heterocycles. The van der Waals surface area contributed by atoms with Crippen LogP contribution in [0, 0.1) is 0 Å². The number of hydrogen-bond donors (Lipinski definition) is 1. The molecule has 74 valence electrons. The maximum absolute atomic E-state index is 11.0. The quantitative estimate of drug-likeness (QED) is 0.699. The van der Waals surface area contributed by atoms with E-state index in [1.807, 2.05) is 0 Å². The van der Waals surface area contributed by atoms with Crippen LogP contribution >= 0.6 is 0 Å². The normalized spacial score (nSPS) is 26.8. The maximum Gasteiger partial charge on any atom is 0.248 e. The van der Waals surface area contributed by atoms with Gasteiger partial charge in [-0.05, 0) is 13.3 Å². The standard InChI is InChI=1S/C8H16N4O/c1-3-4-5-12-6-8(2,7(9)13)10-11-12/h3-6H2,1-2H3,(H2,9,13). The van der Waals surface area contributed by atoms with Crippen molar-refractivity contribution >= 4 is 5.91 Å². The number of nitrogens with two attached hydrogens (primary N) is 1. The van der Waals surface area contributed by atoms with Crippen LogP contribution in [-0.4, -0.2) is 29.5 Å². The molecule has 5 heteroatoms. The lowest BCUT2D eigenvalue weighted by Gasteiger charge is -2.17. The fraction of sp³-hybridized carbons (Fsp3) is 0.875. The van der Waals surface area contributed by atoms with Crippen molar-refractivity contribution in [2.75, 3.05) is 13.1 Å². The van der Waals surface area contributed by atoms with Gasteiger partial charge in [0.2, 0.25) is 5.91 Å². The molecule has 1 unspecified atom stereocenters. The molecule has 0 saturated carbocycles. The average Bonchev–Trinajstić information content (AvgIpc) is 2.45. The predicted molar refractivity (Wildman–Crippen MR) is 48.9 cm³/mol. The molecule has 2 N–H and O–H groups in total. The van der Waals surface area contributed by atoms with E-state index in [0.717, 1.165) is 19.4 Å². The number of carbonyl (C=O) groups is 1. The van der Waals surface area contributed by atoms with Crippen molar-refractivity contribution in [2.45, 2.75) is 32.2 Å². The van der Waals surface area contributed by atoms with Crippen LogP contribution in [0.1, 0.15) is 26.7 Å². The molecule has 0 radical (unpaired) electrons. The van der Waals surface area contributed by atoms with E-state index in [4.69, 9.17) is 5.73 Å². The van der Waals surface area contributed by atoms with Crippen molar-refractivity contribution in [1.82, 2.24) is 5.01 Å². The third-order valence-corrected chi connectivity index (χ3v) is 2.18. The van der Waals surface area contributed by atoms with Crippen LogP contribution in [-0.2, 0) is 4.79 Å². The summed E-state index contributed by atoms with van der Waals surface area (Å²) in [4.78, 5) is 11.0. The molecule has 0 aliphatic carbocycles. The van der Waals surface area contributed by atoms with Crippen LogP contribution in [0.5, 0.6) is 0 Å². The number of primary amides is 1. The van der Waals surface area contributed by atoms with E-state index >= 15 is 0 Å². The minimum Gasteiger partial charge on any atom is -0.367 e. The van der Waals surface area contributed by atoms with E-state index < -0.39 is 11.4 Å². The topological polar surface area (TPSA) is 71.0 Å². The molecular formula is C8H16N4O. The lowest BCUT2D eigenvalue weighted by atomic mass is 10.0. The Morgan fingerprint density at radius 2 is 2.38 bits per heavy atom. The molecular weight excluding hydrogens is 168 g/mol. The Labute approximate surface area is 78.0 Å². The Hall–Kier alpha value is -1.13. The van der Waals surface area contributed by atoms with Gasteiger partial charge in [0.25, 0.3) is 0 Å². The Bertz CT molecular complexity index is 228. The monoisotopic (exact) mass is 184 g/mol. The molecule has 1 amide bonds. The van der Waals surface area contributed by atoms with Crippen molar-refractivity contribution in [3.8, 4) is 0 Å². The summed E-state index contributed by atoms with van der Waals surface area (Å²) in [5.74, 6) is -0.407. The predicted octanol–water partition coefficient (Wildman–Crippen LogP) is 0.713. The van der Waals surface area contributed by atoms with Crippen molar-refractivity contribution in [1.29, 1.82) is 0 Å². The fourth-order valence-electron chi connectivity index (χ4n) is 1.17. The SMILES string of the molecule is CCCCN1CC(C)(C(N)=O)N=N1.